The molecule has 8 rings (SSSR count). The van der Waals surface area contributed by atoms with Crippen LogP contribution in [-0.2, 0) is 16.2 Å². The highest BCUT2D eigenvalue weighted by Crippen LogP contribution is 2.50. The molecule has 3 heterocycles. The van der Waals surface area contributed by atoms with E-state index in [1.54, 1.807) is 42.5 Å². The summed E-state index contributed by atoms with van der Waals surface area (Å²) < 4.78 is 5.90. The minimum Gasteiger partial charge on any atom is -0.489 e. The number of hydrogen-bond donors (Lipinski definition) is 1. The zero-order valence-corrected chi connectivity index (χ0v) is 29.0. The standard InChI is InChI=1S/C42H33Cl2N3O4/c43-30-14-13-29(38(44)22-30)25-51-32-15-11-26(12-16-32)21-37-40(48)45-42(50)47(41(37)49)31-23-35-33(27-7-3-1-4-8-27)17-19-46-20-18-34(36(24-31)39(35)46)28-9-5-2-6-10-28/h1-16,21-24,33-34H,17-20,25H2,(H,45,48,50)/b37-21+/t33-,34+. The van der Waals surface area contributed by atoms with Gasteiger partial charge in [-0.3, -0.25) is 14.9 Å². The highest BCUT2D eigenvalue weighted by atomic mass is 35.5. The SMILES string of the molecule is O=C1NC(=O)N(c2cc3c4c(c2)[C@H](c2ccccc2)CCN4CC[C@@H]3c2ccccc2)C(=O)/C1=C/c1ccc(OCc2ccc(Cl)cc2Cl)cc1. The summed E-state index contributed by atoms with van der Waals surface area (Å²) in [5.74, 6) is -0.667. The van der Waals surface area contributed by atoms with Gasteiger partial charge in [-0.25, -0.2) is 9.69 Å². The fraction of sp³-hybridized carbons (Fsp3) is 0.167. The average molecular weight is 715 g/mol. The lowest BCUT2D eigenvalue weighted by Crippen LogP contribution is -2.54. The molecular weight excluding hydrogens is 681 g/mol. The molecule has 0 saturated carbocycles. The molecule has 0 radical (unpaired) electrons. The first kappa shape index (κ1) is 32.8. The number of rotatable bonds is 7. The number of ether oxygens (including phenoxy) is 1. The summed E-state index contributed by atoms with van der Waals surface area (Å²) in [4.78, 5) is 44.5. The molecule has 3 aliphatic rings. The summed E-state index contributed by atoms with van der Waals surface area (Å²) in [5, 5.41) is 3.47. The number of carbonyl (C=O) groups is 3. The minimum atomic E-state index is -0.769. The van der Waals surface area contributed by atoms with E-state index in [0.717, 1.165) is 47.5 Å². The molecule has 9 heteroatoms. The molecule has 5 aromatic rings. The first-order chi connectivity index (χ1) is 24.8. The van der Waals surface area contributed by atoms with Crippen LogP contribution in [0.25, 0.3) is 6.08 Å². The third-order valence-electron chi connectivity index (χ3n) is 9.96. The fourth-order valence-corrected chi connectivity index (χ4v) is 7.95. The Labute approximate surface area is 306 Å². The maximum atomic E-state index is 14.2. The van der Waals surface area contributed by atoms with Crippen molar-refractivity contribution in [3.63, 3.8) is 0 Å². The number of nitrogens with one attached hydrogen (secondary N) is 1. The molecule has 1 saturated heterocycles. The fourth-order valence-electron chi connectivity index (χ4n) is 7.49. The number of halogens is 2. The molecule has 1 fully saturated rings. The third kappa shape index (κ3) is 6.39. The molecule has 254 valence electrons. The number of nitrogens with zero attached hydrogens (tertiary/aromatic N) is 2. The first-order valence-corrected chi connectivity index (χ1v) is 17.7. The highest BCUT2D eigenvalue weighted by molar-refractivity contribution is 6.39. The molecule has 5 aromatic carbocycles. The number of carbonyl (C=O) groups excluding carboxylic acids is 3. The van der Waals surface area contributed by atoms with Gasteiger partial charge in [-0.1, -0.05) is 102 Å². The van der Waals surface area contributed by atoms with Crippen LogP contribution >= 0.6 is 23.2 Å². The molecule has 7 nitrogen and oxygen atoms in total. The van der Waals surface area contributed by atoms with Crippen LogP contribution in [0.3, 0.4) is 0 Å². The summed E-state index contributed by atoms with van der Waals surface area (Å²) in [6.45, 7) is 2.08. The minimum absolute atomic E-state index is 0.0849. The number of imide groups is 2. The van der Waals surface area contributed by atoms with Gasteiger partial charge in [0.25, 0.3) is 11.8 Å². The molecular formula is C42H33Cl2N3O4. The Hall–Kier alpha value is -5.37. The van der Waals surface area contributed by atoms with Crippen LogP contribution in [-0.4, -0.2) is 30.9 Å². The van der Waals surface area contributed by atoms with Gasteiger partial charge < -0.3 is 9.64 Å². The van der Waals surface area contributed by atoms with Crippen LogP contribution in [0.1, 0.15) is 58.1 Å². The molecule has 0 bridgehead atoms. The van der Waals surface area contributed by atoms with Crippen LogP contribution in [0, 0.1) is 0 Å². The maximum absolute atomic E-state index is 14.2. The molecule has 2 atom stereocenters. The molecule has 0 unspecified atom stereocenters. The van der Waals surface area contributed by atoms with Crippen molar-refractivity contribution in [3.8, 4) is 5.75 Å². The van der Waals surface area contributed by atoms with Crippen LogP contribution in [0.15, 0.2) is 121 Å². The van der Waals surface area contributed by atoms with Crippen molar-refractivity contribution >= 4 is 58.5 Å². The average Bonchev–Trinajstić information content (AvgIpc) is 3.14. The van der Waals surface area contributed by atoms with Gasteiger partial charge in [-0.15, -0.1) is 0 Å². The van der Waals surface area contributed by atoms with Crippen molar-refractivity contribution in [2.75, 3.05) is 22.9 Å². The zero-order valence-electron chi connectivity index (χ0n) is 27.5. The van der Waals surface area contributed by atoms with Gasteiger partial charge in [0, 0.05) is 46.2 Å². The highest BCUT2D eigenvalue weighted by Gasteiger charge is 2.40. The number of hydrogen-bond acceptors (Lipinski definition) is 5. The molecule has 1 N–H and O–H groups in total. The van der Waals surface area contributed by atoms with Gasteiger partial charge in [0.1, 0.15) is 17.9 Å². The molecule has 51 heavy (non-hydrogen) atoms. The summed E-state index contributed by atoms with van der Waals surface area (Å²) in [6, 6.07) is 36.1. The second-order valence-corrected chi connectivity index (χ2v) is 13.9. The van der Waals surface area contributed by atoms with Crippen LogP contribution in [0.2, 0.25) is 10.0 Å². The summed E-state index contributed by atoms with van der Waals surface area (Å²) in [7, 11) is 0. The molecule has 3 aliphatic heterocycles. The quantitative estimate of drug-likeness (QED) is 0.134. The van der Waals surface area contributed by atoms with Gasteiger partial charge >= 0.3 is 6.03 Å². The lowest BCUT2D eigenvalue weighted by Gasteiger charge is -2.44. The first-order valence-electron chi connectivity index (χ1n) is 16.9. The van der Waals surface area contributed by atoms with Crippen LogP contribution < -0.4 is 19.9 Å². The Kier molecular flexibility index (Phi) is 8.84. The van der Waals surface area contributed by atoms with Crippen molar-refractivity contribution in [2.24, 2.45) is 0 Å². The van der Waals surface area contributed by atoms with Crippen molar-refractivity contribution < 1.29 is 19.1 Å². The molecule has 0 aliphatic carbocycles. The normalized spacial score (nSPS) is 19.2. The van der Waals surface area contributed by atoms with Crippen molar-refractivity contribution in [2.45, 2.75) is 31.3 Å². The Bertz CT molecular complexity index is 2120. The number of barbiturate groups is 1. The second-order valence-electron chi connectivity index (χ2n) is 13.0. The Morgan fingerprint density at radius 1 is 0.745 bits per heavy atom. The van der Waals surface area contributed by atoms with E-state index in [0.29, 0.717) is 27.0 Å². The lowest BCUT2D eigenvalue weighted by molar-refractivity contribution is -0.122. The van der Waals surface area contributed by atoms with E-state index in [2.05, 4.69) is 34.5 Å². The number of benzene rings is 5. The van der Waals surface area contributed by atoms with Gasteiger partial charge in [0.05, 0.1) is 5.69 Å². The number of amides is 4. The van der Waals surface area contributed by atoms with Crippen LogP contribution in [0.5, 0.6) is 5.75 Å². The Morgan fingerprint density at radius 3 is 1.94 bits per heavy atom. The van der Waals surface area contributed by atoms with E-state index in [-0.39, 0.29) is 24.0 Å². The van der Waals surface area contributed by atoms with E-state index in [9.17, 15) is 14.4 Å². The van der Waals surface area contributed by atoms with E-state index in [1.807, 2.05) is 48.5 Å². The smallest absolute Gasteiger partial charge is 0.335 e. The number of anilines is 2. The topological polar surface area (TPSA) is 79.0 Å². The van der Waals surface area contributed by atoms with Gasteiger partial charge in [0.2, 0.25) is 0 Å². The van der Waals surface area contributed by atoms with Gasteiger partial charge in [0.15, 0.2) is 0 Å². The van der Waals surface area contributed by atoms with Gasteiger partial charge in [-0.05, 0) is 83.1 Å². The van der Waals surface area contributed by atoms with Crippen molar-refractivity contribution in [1.82, 2.24) is 5.32 Å². The molecule has 0 aromatic heterocycles. The Balaban J connectivity index is 1.14. The van der Waals surface area contributed by atoms with E-state index < -0.39 is 17.8 Å². The summed E-state index contributed by atoms with van der Waals surface area (Å²) in [6.07, 6.45) is 3.32. The summed E-state index contributed by atoms with van der Waals surface area (Å²) in [5.41, 5.74) is 7.41. The van der Waals surface area contributed by atoms with E-state index >= 15 is 0 Å². The Morgan fingerprint density at radius 2 is 1.35 bits per heavy atom. The lowest BCUT2D eigenvalue weighted by atomic mass is 9.76. The van der Waals surface area contributed by atoms with Crippen LogP contribution in [0.4, 0.5) is 16.2 Å². The molecule has 0 spiro atoms. The van der Waals surface area contributed by atoms with E-state index in [4.69, 9.17) is 27.9 Å². The summed E-state index contributed by atoms with van der Waals surface area (Å²) >= 11 is 12.3. The number of urea groups is 1. The predicted molar refractivity (Wildman–Crippen MR) is 201 cm³/mol. The van der Waals surface area contributed by atoms with Gasteiger partial charge in [-0.2, -0.15) is 0 Å². The van der Waals surface area contributed by atoms with E-state index in [1.165, 1.54) is 22.9 Å². The monoisotopic (exact) mass is 713 g/mol. The van der Waals surface area contributed by atoms with Crippen molar-refractivity contribution in [3.05, 3.63) is 164 Å². The zero-order chi connectivity index (χ0) is 35.1. The predicted octanol–water partition coefficient (Wildman–Crippen LogP) is 9.12. The molecule has 4 amide bonds. The third-order valence-corrected chi connectivity index (χ3v) is 10.5. The van der Waals surface area contributed by atoms with Crippen molar-refractivity contribution in [1.29, 1.82) is 0 Å². The largest absolute Gasteiger partial charge is 0.489 e. The maximum Gasteiger partial charge on any atom is 0.335 e. The second kappa shape index (κ2) is 13.7.